The van der Waals surface area contributed by atoms with Crippen molar-refractivity contribution in [2.45, 2.75) is 58.2 Å². The number of nitrogens with two attached hydrogens (primary N) is 2. The van der Waals surface area contributed by atoms with Gasteiger partial charge >= 0.3 is 5.97 Å². The minimum absolute atomic E-state index is 0.0998. The topological polar surface area (TPSA) is 151 Å². The first-order valence-corrected chi connectivity index (χ1v) is 7.99. The molecule has 0 saturated heterocycles. The molecule has 1 fully saturated rings. The van der Waals surface area contributed by atoms with Crippen molar-refractivity contribution in [2.75, 3.05) is 0 Å². The SMILES string of the molecule is CCC(CC)[C@H](NC(C)=O)C1[C@H](N=C(N)N)C[C@H](C(=O)O)[C@H]1O. The van der Waals surface area contributed by atoms with Crippen LogP contribution >= 0.6 is 0 Å². The van der Waals surface area contributed by atoms with E-state index >= 15 is 0 Å². The third-order valence-corrected chi connectivity index (χ3v) is 4.72. The summed E-state index contributed by atoms with van der Waals surface area (Å²) < 4.78 is 0. The van der Waals surface area contributed by atoms with E-state index in [1.165, 1.54) is 6.92 Å². The summed E-state index contributed by atoms with van der Waals surface area (Å²) in [5, 5.41) is 22.7. The molecule has 1 saturated carbocycles. The van der Waals surface area contributed by atoms with Crippen LogP contribution in [0.1, 0.15) is 40.0 Å². The van der Waals surface area contributed by atoms with Gasteiger partial charge in [0.1, 0.15) is 0 Å². The van der Waals surface area contributed by atoms with E-state index in [4.69, 9.17) is 11.5 Å². The molecule has 1 rings (SSSR count). The van der Waals surface area contributed by atoms with Crippen molar-refractivity contribution < 1.29 is 19.8 Å². The fraction of sp³-hybridized carbons (Fsp3) is 0.800. The van der Waals surface area contributed by atoms with Crippen molar-refractivity contribution in [3.63, 3.8) is 0 Å². The number of nitrogens with zero attached hydrogens (tertiary/aromatic N) is 1. The molecule has 0 aliphatic heterocycles. The maximum Gasteiger partial charge on any atom is 0.309 e. The lowest BCUT2D eigenvalue weighted by molar-refractivity contribution is -0.145. The smallest absolute Gasteiger partial charge is 0.309 e. The third-order valence-electron chi connectivity index (χ3n) is 4.72. The lowest BCUT2D eigenvalue weighted by Crippen LogP contribution is -2.51. The number of carboxylic acid groups (broad SMARTS) is 1. The number of rotatable bonds is 7. The Morgan fingerprint density at radius 3 is 2.26 bits per heavy atom. The van der Waals surface area contributed by atoms with Crippen LogP contribution in [0.15, 0.2) is 4.99 Å². The maximum absolute atomic E-state index is 11.6. The van der Waals surface area contributed by atoms with E-state index in [2.05, 4.69) is 10.3 Å². The molecule has 7 N–H and O–H groups in total. The van der Waals surface area contributed by atoms with Crippen LogP contribution in [0.5, 0.6) is 0 Å². The number of aliphatic imine (C=N–C) groups is 1. The van der Waals surface area contributed by atoms with Gasteiger partial charge < -0.3 is 27.0 Å². The first-order valence-electron chi connectivity index (χ1n) is 7.99. The Morgan fingerprint density at radius 2 is 1.87 bits per heavy atom. The molecule has 0 radical (unpaired) electrons. The fourth-order valence-electron chi connectivity index (χ4n) is 3.64. The highest BCUT2D eigenvalue weighted by molar-refractivity contribution is 5.76. The largest absolute Gasteiger partial charge is 0.481 e. The molecule has 5 atom stereocenters. The third kappa shape index (κ3) is 4.57. The Morgan fingerprint density at radius 1 is 1.30 bits per heavy atom. The Labute approximate surface area is 136 Å². The van der Waals surface area contributed by atoms with Crippen molar-refractivity contribution in [3.8, 4) is 0 Å². The average Bonchev–Trinajstić information content (AvgIpc) is 2.74. The highest BCUT2D eigenvalue weighted by Gasteiger charge is 2.50. The lowest BCUT2D eigenvalue weighted by atomic mass is 9.80. The predicted molar refractivity (Wildman–Crippen MR) is 86.5 cm³/mol. The summed E-state index contributed by atoms with van der Waals surface area (Å²) in [5.74, 6) is -2.84. The van der Waals surface area contributed by atoms with Crippen molar-refractivity contribution in [1.29, 1.82) is 0 Å². The van der Waals surface area contributed by atoms with Gasteiger partial charge in [0.15, 0.2) is 5.96 Å². The second-order valence-corrected chi connectivity index (χ2v) is 6.17. The van der Waals surface area contributed by atoms with Gasteiger partial charge in [-0.3, -0.25) is 9.59 Å². The molecule has 0 spiro atoms. The Hall–Kier alpha value is -1.83. The standard InChI is InChI=1S/C15H28N4O4/c1-4-8(5-2)12(18-7(3)20)11-10(19-15(16)17)6-9(13(11)21)14(22)23/h8-13,21H,4-6H2,1-3H3,(H,18,20)(H,22,23)(H4,16,17,19)/t9-,10+,11?,12-,13+/m0/s1. The van der Waals surface area contributed by atoms with Gasteiger partial charge in [-0.05, 0) is 12.3 Å². The van der Waals surface area contributed by atoms with Gasteiger partial charge in [0.05, 0.1) is 18.1 Å². The van der Waals surface area contributed by atoms with E-state index in [0.29, 0.717) is 0 Å². The Balaban J connectivity index is 3.23. The zero-order valence-corrected chi connectivity index (χ0v) is 13.9. The van der Waals surface area contributed by atoms with Crippen molar-refractivity contribution in [3.05, 3.63) is 0 Å². The number of aliphatic hydroxyl groups is 1. The summed E-state index contributed by atoms with van der Waals surface area (Å²) in [6.45, 7) is 5.39. The quantitative estimate of drug-likeness (QED) is 0.318. The maximum atomic E-state index is 11.6. The summed E-state index contributed by atoms with van der Waals surface area (Å²) in [6.07, 6.45) is 0.612. The van der Waals surface area contributed by atoms with Crippen LogP contribution < -0.4 is 16.8 Å². The number of guanidine groups is 1. The average molecular weight is 328 g/mol. The number of nitrogens with one attached hydrogen (secondary N) is 1. The molecule has 1 amide bonds. The minimum atomic E-state index is -1.11. The van der Waals surface area contributed by atoms with Crippen LogP contribution in [-0.4, -0.2) is 46.2 Å². The molecule has 8 heteroatoms. The van der Waals surface area contributed by atoms with Crippen molar-refractivity contribution in [1.82, 2.24) is 5.32 Å². The predicted octanol–water partition coefficient (Wildman–Crippen LogP) is -0.349. The van der Waals surface area contributed by atoms with Crippen LogP contribution in [0, 0.1) is 17.8 Å². The number of aliphatic carboxylic acids is 1. The molecule has 0 aromatic rings. The van der Waals surface area contributed by atoms with Gasteiger partial charge in [-0.25, -0.2) is 4.99 Å². The highest BCUT2D eigenvalue weighted by Crippen LogP contribution is 2.39. The lowest BCUT2D eigenvalue weighted by Gasteiger charge is -2.35. The van der Waals surface area contributed by atoms with Gasteiger partial charge in [0.2, 0.25) is 5.91 Å². The van der Waals surface area contributed by atoms with Crippen LogP contribution in [0.4, 0.5) is 0 Å². The molecular formula is C15H28N4O4. The number of amides is 1. The first kappa shape index (κ1) is 19.2. The summed E-state index contributed by atoms with van der Waals surface area (Å²) in [6, 6.07) is -0.913. The summed E-state index contributed by atoms with van der Waals surface area (Å²) in [7, 11) is 0. The molecule has 1 aliphatic carbocycles. The summed E-state index contributed by atoms with van der Waals surface area (Å²) in [5.41, 5.74) is 10.9. The van der Waals surface area contributed by atoms with E-state index in [9.17, 15) is 19.8 Å². The van der Waals surface area contributed by atoms with E-state index in [1.54, 1.807) is 0 Å². The van der Waals surface area contributed by atoms with Gasteiger partial charge in [0, 0.05) is 18.9 Å². The number of hydrogen-bond donors (Lipinski definition) is 5. The van der Waals surface area contributed by atoms with Crippen LogP contribution in [0.2, 0.25) is 0 Å². The Bertz CT molecular complexity index is 460. The minimum Gasteiger partial charge on any atom is -0.481 e. The number of carbonyl (C=O) groups is 2. The second-order valence-electron chi connectivity index (χ2n) is 6.17. The van der Waals surface area contributed by atoms with Gasteiger partial charge in [-0.1, -0.05) is 26.7 Å². The highest BCUT2D eigenvalue weighted by atomic mass is 16.4. The van der Waals surface area contributed by atoms with E-state index in [1.807, 2.05) is 13.8 Å². The normalized spacial score (nSPS) is 28.4. The molecule has 0 aromatic heterocycles. The summed E-state index contributed by atoms with van der Waals surface area (Å²) >= 11 is 0. The second kappa shape index (κ2) is 8.14. The number of carbonyl (C=O) groups excluding carboxylic acids is 1. The zero-order valence-electron chi connectivity index (χ0n) is 13.9. The fourth-order valence-corrected chi connectivity index (χ4v) is 3.64. The summed E-state index contributed by atoms with van der Waals surface area (Å²) in [4.78, 5) is 27.1. The van der Waals surface area contributed by atoms with Crippen LogP contribution in [0.25, 0.3) is 0 Å². The molecule has 0 bridgehead atoms. The molecule has 0 heterocycles. The zero-order chi connectivity index (χ0) is 17.7. The molecular weight excluding hydrogens is 300 g/mol. The first-order chi connectivity index (χ1) is 10.7. The molecule has 132 valence electrons. The monoisotopic (exact) mass is 328 g/mol. The molecule has 1 aliphatic rings. The number of carboxylic acids is 1. The van der Waals surface area contributed by atoms with Crippen LogP contribution in [-0.2, 0) is 9.59 Å². The number of aliphatic hydroxyl groups excluding tert-OH is 1. The molecule has 1 unspecified atom stereocenters. The molecule has 23 heavy (non-hydrogen) atoms. The van der Waals surface area contributed by atoms with Gasteiger partial charge in [0.25, 0.3) is 0 Å². The molecule has 8 nitrogen and oxygen atoms in total. The van der Waals surface area contributed by atoms with Crippen LogP contribution in [0.3, 0.4) is 0 Å². The van der Waals surface area contributed by atoms with E-state index in [-0.39, 0.29) is 30.2 Å². The van der Waals surface area contributed by atoms with E-state index < -0.39 is 30.0 Å². The van der Waals surface area contributed by atoms with Crippen molar-refractivity contribution >= 4 is 17.8 Å². The van der Waals surface area contributed by atoms with Gasteiger partial charge in [-0.15, -0.1) is 0 Å². The van der Waals surface area contributed by atoms with E-state index in [0.717, 1.165) is 12.8 Å². The number of hydrogen-bond acceptors (Lipinski definition) is 4. The van der Waals surface area contributed by atoms with Gasteiger partial charge in [-0.2, -0.15) is 0 Å². The molecule has 0 aromatic carbocycles. The Kier molecular flexibility index (Phi) is 6.80. The van der Waals surface area contributed by atoms with Crippen molar-refractivity contribution in [2.24, 2.45) is 34.2 Å².